The van der Waals surface area contributed by atoms with Gasteiger partial charge in [0.25, 0.3) is 5.91 Å². The average molecular weight is 414 g/mol. The molecular formula is C23H31N3O4. The first-order valence-corrected chi connectivity index (χ1v) is 10.6. The van der Waals surface area contributed by atoms with Crippen molar-refractivity contribution in [1.29, 1.82) is 0 Å². The molecule has 2 heterocycles. The summed E-state index contributed by atoms with van der Waals surface area (Å²) in [6.07, 6.45) is 2.37. The highest BCUT2D eigenvalue weighted by Gasteiger charge is 2.22. The third-order valence-corrected chi connectivity index (χ3v) is 5.10. The smallest absolute Gasteiger partial charge is 0.276 e. The summed E-state index contributed by atoms with van der Waals surface area (Å²) in [5, 5.41) is 6.88. The summed E-state index contributed by atoms with van der Waals surface area (Å²) >= 11 is 0. The Morgan fingerprint density at radius 2 is 2.03 bits per heavy atom. The number of amides is 2. The monoisotopic (exact) mass is 413 g/mol. The molecule has 1 aliphatic heterocycles. The molecule has 7 heteroatoms. The molecule has 7 nitrogen and oxygen atoms in total. The Hall–Kier alpha value is -2.67. The standard InChI is InChI=1S/C23H31N3O4/c1-16(2)15-26(11-10-22(27)24-14-19-5-4-12-29-19)23(28)20-13-21(30-25-20)18-8-6-17(3)7-9-18/h6-9,13,16,19H,4-5,10-12,14-15H2,1-3H3,(H,24,27). The largest absolute Gasteiger partial charge is 0.376 e. The third kappa shape index (κ3) is 6.16. The van der Waals surface area contributed by atoms with Gasteiger partial charge in [0.2, 0.25) is 5.91 Å². The van der Waals surface area contributed by atoms with Crippen molar-refractivity contribution in [3.8, 4) is 11.3 Å². The highest BCUT2D eigenvalue weighted by molar-refractivity contribution is 5.93. The van der Waals surface area contributed by atoms with E-state index in [1.807, 2.05) is 45.0 Å². The Morgan fingerprint density at radius 1 is 1.27 bits per heavy atom. The lowest BCUT2D eigenvalue weighted by molar-refractivity contribution is -0.121. The lowest BCUT2D eigenvalue weighted by Crippen LogP contribution is -2.39. The van der Waals surface area contributed by atoms with Crippen molar-refractivity contribution >= 4 is 11.8 Å². The summed E-state index contributed by atoms with van der Waals surface area (Å²) in [6, 6.07) is 9.51. The van der Waals surface area contributed by atoms with Gasteiger partial charge >= 0.3 is 0 Å². The molecule has 0 aliphatic carbocycles. The van der Waals surface area contributed by atoms with Crippen LogP contribution in [0, 0.1) is 12.8 Å². The topological polar surface area (TPSA) is 84.7 Å². The second-order valence-electron chi connectivity index (χ2n) is 8.28. The van der Waals surface area contributed by atoms with Gasteiger partial charge in [0, 0.05) is 44.3 Å². The summed E-state index contributed by atoms with van der Waals surface area (Å²) in [4.78, 5) is 26.9. The van der Waals surface area contributed by atoms with Gasteiger partial charge in [0.15, 0.2) is 11.5 Å². The van der Waals surface area contributed by atoms with Gasteiger partial charge in [0.05, 0.1) is 6.10 Å². The van der Waals surface area contributed by atoms with Crippen LogP contribution in [-0.4, -0.2) is 54.2 Å². The first-order chi connectivity index (χ1) is 14.4. The van der Waals surface area contributed by atoms with Gasteiger partial charge in [-0.15, -0.1) is 0 Å². The van der Waals surface area contributed by atoms with Crippen molar-refractivity contribution in [2.75, 3.05) is 26.2 Å². The number of nitrogens with one attached hydrogen (secondary N) is 1. The van der Waals surface area contributed by atoms with Crippen LogP contribution in [0.2, 0.25) is 0 Å². The van der Waals surface area contributed by atoms with Crippen molar-refractivity contribution in [2.45, 2.75) is 46.1 Å². The summed E-state index contributed by atoms with van der Waals surface area (Å²) in [5.41, 5.74) is 2.28. The number of carbonyl (C=O) groups excluding carboxylic acids is 2. The number of rotatable bonds is 9. The lowest BCUT2D eigenvalue weighted by atomic mass is 10.1. The molecule has 1 aliphatic rings. The van der Waals surface area contributed by atoms with Crippen LogP contribution in [0.25, 0.3) is 11.3 Å². The summed E-state index contributed by atoms with van der Waals surface area (Å²) < 4.78 is 10.9. The number of aryl methyl sites for hydroxylation is 1. The van der Waals surface area contributed by atoms with Gasteiger partial charge < -0.3 is 19.5 Å². The Balaban J connectivity index is 1.59. The molecule has 1 N–H and O–H groups in total. The SMILES string of the molecule is Cc1ccc(-c2cc(C(=O)N(CCC(=O)NCC3CCCO3)CC(C)C)no2)cc1. The fourth-order valence-corrected chi connectivity index (χ4v) is 3.47. The molecule has 162 valence electrons. The van der Waals surface area contributed by atoms with E-state index in [-0.39, 0.29) is 36.0 Å². The van der Waals surface area contributed by atoms with Crippen molar-refractivity contribution < 1.29 is 18.8 Å². The van der Waals surface area contributed by atoms with E-state index in [1.54, 1.807) is 11.0 Å². The maximum Gasteiger partial charge on any atom is 0.276 e. The third-order valence-electron chi connectivity index (χ3n) is 5.10. The van der Waals surface area contributed by atoms with Crippen LogP contribution in [0.4, 0.5) is 0 Å². The lowest BCUT2D eigenvalue weighted by Gasteiger charge is -2.23. The minimum atomic E-state index is -0.224. The molecule has 1 atom stereocenters. The first kappa shape index (κ1) is 22.0. The number of carbonyl (C=O) groups is 2. The van der Waals surface area contributed by atoms with Gasteiger partial charge in [-0.05, 0) is 25.7 Å². The molecule has 0 radical (unpaired) electrons. The van der Waals surface area contributed by atoms with E-state index in [4.69, 9.17) is 9.26 Å². The summed E-state index contributed by atoms with van der Waals surface area (Å²) in [5.74, 6) is 0.523. The molecule has 3 rings (SSSR count). The molecule has 0 bridgehead atoms. The fraction of sp³-hybridized carbons (Fsp3) is 0.522. The predicted molar refractivity (Wildman–Crippen MR) is 114 cm³/mol. The Kier molecular flexibility index (Phi) is 7.63. The summed E-state index contributed by atoms with van der Waals surface area (Å²) in [7, 11) is 0. The van der Waals surface area contributed by atoms with E-state index >= 15 is 0 Å². The summed E-state index contributed by atoms with van der Waals surface area (Å²) in [6.45, 7) is 8.27. The molecule has 1 fully saturated rings. The number of benzene rings is 1. The van der Waals surface area contributed by atoms with Gasteiger partial charge in [-0.25, -0.2) is 0 Å². The maximum absolute atomic E-state index is 13.0. The van der Waals surface area contributed by atoms with Crippen LogP contribution >= 0.6 is 0 Å². The van der Waals surface area contributed by atoms with E-state index in [0.29, 0.717) is 25.4 Å². The van der Waals surface area contributed by atoms with Crippen molar-refractivity contribution in [3.05, 3.63) is 41.6 Å². The van der Waals surface area contributed by atoms with Crippen molar-refractivity contribution in [2.24, 2.45) is 5.92 Å². The minimum absolute atomic E-state index is 0.0763. The predicted octanol–water partition coefficient (Wildman–Crippen LogP) is 3.43. The van der Waals surface area contributed by atoms with Crippen LogP contribution in [0.3, 0.4) is 0 Å². The highest BCUT2D eigenvalue weighted by atomic mass is 16.5. The zero-order valence-electron chi connectivity index (χ0n) is 18.0. The molecule has 0 saturated carbocycles. The number of hydrogen-bond donors (Lipinski definition) is 1. The molecule has 1 saturated heterocycles. The minimum Gasteiger partial charge on any atom is -0.376 e. The van der Waals surface area contributed by atoms with E-state index in [1.165, 1.54) is 0 Å². The van der Waals surface area contributed by atoms with Gasteiger partial charge in [-0.2, -0.15) is 0 Å². The Labute approximate surface area is 177 Å². The number of hydrogen-bond acceptors (Lipinski definition) is 5. The number of ether oxygens (including phenoxy) is 1. The molecule has 2 aromatic rings. The Morgan fingerprint density at radius 3 is 2.70 bits per heavy atom. The van der Waals surface area contributed by atoms with E-state index in [0.717, 1.165) is 30.6 Å². The van der Waals surface area contributed by atoms with Crippen LogP contribution < -0.4 is 5.32 Å². The maximum atomic E-state index is 13.0. The highest BCUT2D eigenvalue weighted by Crippen LogP contribution is 2.21. The van der Waals surface area contributed by atoms with Crippen molar-refractivity contribution in [1.82, 2.24) is 15.4 Å². The van der Waals surface area contributed by atoms with Crippen LogP contribution in [0.1, 0.15) is 49.2 Å². The number of aromatic nitrogens is 1. The van der Waals surface area contributed by atoms with Crippen molar-refractivity contribution in [3.63, 3.8) is 0 Å². The Bertz CT molecular complexity index is 838. The molecule has 0 spiro atoms. The molecule has 1 aromatic carbocycles. The first-order valence-electron chi connectivity index (χ1n) is 10.6. The second-order valence-corrected chi connectivity index (χ2v) is 8.28. The van der Waals surface area contributed by atoms with Crippen LogP contribution in [-0.2, 0) is 9.53 Å². The van der Waals surface area contributed by atoms with Crippen LogP contribution in [0.5, 0.6) is 0 Å². The molecule has 1 unspecified atom stereocenters. The van der Waals surface area contributed by atoms with Gasteiger partial charge in [-0.3, -0.25) is 9.59 Å². The fourth-order valence-electron chi connectivity index (χ4n) is 3.47. The van der Waals surface area contributed by atoms with E-state index < -0.39 is 0 Å². The number of nitrogens with zero attached hydrogens (tertiary/aromatic N) is 2. The molecule has 30 heavy (non-hydrogen) atoms. The normalized spacial score (nSPS) is 16.1. The average Bonchev–Trinajstić information content (AvgIpc) is 3.41. The van der Waals surface area contributed by atoms with E-state index in [9.17, 15) is 9.59 Å². The van der Waals surface area contributed by atoms with Gasteiger partial charge in [0.1, 0.15) is 0 Å². The molecule has 1 aromatic heterocycles. The molecule has 2 amide bonds. The van der Waals surface area contributed by atoms with Crippen LogP contribution in [0.15, 0.2) is 34.9 Å². The quantitative estimate of drug-likeness (QED) is 0.681. The van der Waals surface area contributed by atoms with E-state index in [2.05, 4.69) is 10.5 Å². The van der Waals surface area contributed by atoms with Gasteiger partial charge in [-0.1, -0.05) is 48.8 Å². The second kappa shape index (κ2) is 10.4. The molecular weight excluding hydrogens is 382 g/mol. The zero-order chi connectivity index (χ0) is 21.5. The zero-order valence-corrected chi connectivity index (χ0v) is 18.0.